The predicted octanol–water partition coefficient (Wildman–Crippen LogP) is 4.29. The van der Waals surface area contributed by atoms with Crippen molar-refractivity contribution in [2.24, 2.45) is 0 Å². The summed E-state index contributed by atoms with van der Waals surface area (Å²) in [6, 6.07) is 26.6. The number of aryl methyl sites for hydroxylation is 1. The van der Waals surface area contributed by atoms with E-state index in [1.807, 2.05) is 91.9 Å². The van der Waals surface area contributed by atoms with E-state index in [9.17, 15) is 9.59 Å². The van der Waals surface area contributed by atoms with Gasteiger partial charge in [-0.15, -0.1) is 0 Å². The molecule has 1 heterocycles. The molecule has 0 saturated carbocycles. The van der Waals surface area contributed by atoms with Gasteiger partial charge in [-0.25, -0.2) is 0 Å². The third-order valence-electron chi connectivity index (χ3n) is 5.11. The van der Waals surface area contributed by atoms with Crippen LogP contribution in [0.15, 0.2) is 84.9 Å². The molecule has 140 valence electrons. The van der Waals surface area contributed by atoms with Crippen LogP contribution in [0.25, 0.3) is 0 Å². The third-order valence-corrected chi connectivity index (χ3v) is 5.11. The van der Waals surface area contributed by atoms with Gasteiger partial charge in [0.25, 0.3) is 11.8 Å². The van der Waals surface area contributed by atoms with Crippen molar-refractivity contribution in [2.45, 2.75) is 13.1 Å². The van der Waals surface area contributed by atoms with Crippen LogP contribution in [0.4, 0.5) is 0 Å². The van der Waals surface area contributed by atoms with Crippen LogP contribution in [0.3, 0.4) is 0 Å². The van der Waals surface area contributed by atoms with Gasteiger partial charge in [-0.2, -0.15) is 0 Å². The molecule has 1 atom stereocenters. The van der Waals surface area contributed by atoms with Crippen LogP contribution in [-0.4, -0.2) is 34.7 Å². The van der Waals surface area contributed by atoms with Crippen LogP contribution in [0, 0.1) is 6.92 Å². The lowest BCUT2D eigenvalue weighted by molar-refractivity contribution is 0.0545. The second-order valence-corrected chi connectivity index (χ2v) is 7.01. The quantitative estimate of drug-likeness (QED) is 0.690. The fraction of sp³-hybridized carbons (Fsp3) is 0.167. The van der Waals surface area contributed by atoms with Gasteiger partial charge in [0.05, 0.1) is 0 Å². The minimum atomic E-state index is -0.414. The Morgan fingerprint density at radius 3 is 1.68 bits per heavy atom. The summed E-state index contributed by atoms with van der Waals surface area (Å²) in [5.41, 5.74) is 3.32. The molecule has 0 N–H and O–H groups in total. The average molecular weight is 370 g/mol. The summed E-state index contributed by atoms with van der Waals surface area (Å²) in [7, 11) is 0. The lowest BCUT2D eigenvalue weighted by Gasteiger charge is -2.31. The van der Waals surface area contributed by atoms with E-state index in [1.165, 1.54) is 0 Å². The summed E-state index contributed by atoms with van der Waals surface area (Å²) >= 11 is 0. The van der Waals surface area contributed by atoms with Crippen LogP contribution in [0.2, 0.25) is 0 Å². The minimum absolute atomic E-state index is 0.0581. The van der Waals surface area contributed by atoms with E-state index >= 15 is 0 Å². The molecule has 4 rings (SSSR count). The SMILES string of the molecule is Cc1ccc(C(=O)N2CCN(C(=O)c3ccccc3)[C@@H]2c2ccccc2)cc1. The number of rotatable bonds is 3. The van der Waals surface area contributed by atoms with Crippen LogP contribution < -0.4 is 0 Å². The monoisotopic (exact) mass is 370 g/mol. The van der Waals surface area contributed by atoms with Crippen molar-refractivity contribution in [2.75, 3.05) is 13.1 Å². The Balaban J connectivity index is 1.70. The molecular weight excluding hydrogens is 348 g/mol. The van der Waals surface area contributed by atoms with Crippen molar-refractivity contribution in [3.63, 3.8) is 0 Å². The van der Waals surface area contributed by atoms with Crippen LogP contribution >= 0.6 is 0 Å². The van der Waals surface area contributed by atoms with E-state index in [-0.39, 0.29) is 11.8 Å². The van der Waals surface area contributed by atoms with Crippen LogP contribution in [0.1, 0.15) is 38.0 Å². The standard InChI is InChI=1S/C24H22N2O2/c1-18-12-14-21(15-13-18)24(28)26-17-16-25(22(26)19-8-4-2-5-9-19)23(27)20-10-6-3-7-11-20/h2-15,22H,16-17H2,1H3/t22-/m0/s1. The topological polar surface area (TPSA) is 40.6 Å². The highest BCUT2D eigenvalue weighted by Gasteiger charge is 2.39. The molecule has 1 aliphatic rings. The van der Waals surface area contributed by atoms with Crippen molar-refractivity contribution in [3.05, 3.63) is 107 Å². The zero-order valence-electron chi connectivity index (χ0n) is 15.8. The lowest BCUT2D eigenvalue weighted by atomic mass is 10.1. The highest BCUT2D eigenvalue weighted by molar-refractivity contribution is 5.97. The molecule has 0 aliphatic carbocycles. The number of hydrogen-bond donors (Lipinski definition) is 0. The molecule has 28 heavy (non-hydrogen) atoms. The van der Waals surface area contributed by atoms with Gasteiger partial charge in [-0.05, 0) is 36.8 Å². The number of carbonyl (C=O) groups is 2. The molecule has 3 aromatic rings. The Hall–Kier alpha value is -3.40. The van der Waals surface area contributed by atoms with E-state index in [0.717, 1.165) is 11.1 Å². The van der Waals surface area contributed by atoms with Gasteiger partial charge < -0.3 is 9.80 Å². The van der Waals surface area contributed by atoms with E-state index in [2.05, 4.69) is 0 Å². The lowest BCUT2D eigenvalue weighted by Crippen LogP contribution is -2.38. The van der Waals surface area contributed by atoms with Crippen LogP contribution in [-0.2, 0) is 0 Å². The maximum Gasteiger partial charge on any atom is 0.255 e. The molecule has 0 unspecified atom stereocenters. The Bertz CT molecular complexity index is 969. The first-order chi connectivity index (χ1) is 13.6. The number of hydrogen-bond acceptors (Lipinski definition) is 2. The highest BCUT2D eigenvalue weighted by atomic mass is 16.2. The van der Waals surface area contributed by atoms with Gasteiger partial charge >= 0.3 is 0 Å². The molecule has 4 heteroatoms. The van der Waals surface area contributed by atoms with E-state index < -0.39 is 6.17 Å². The molecular formula is C24H22N2O2. The Labute approximate surface area is 165 Å². The molecule has 0 radical (unpaired) electrons. The summed E-state index contributed by atoms with van der Waals surface area (Å²) in [4.78, 5) is 30.0. The summed E-state index contributed by atoms with van der Waals surface area (Å²) in [6.45, 7) is 3.01. The largest absolute Gasteiger partial charge is 0.312 e. The fourth-order valence-corrected chi connectivity index (χ4v) is 3.65. The number of amides is 2. The third kappa shape index (κ3) is 3.41. The van der Waals surface area contributed by atoms with Gasteiger partial charge in [-0.1, -0.05) is 66.2 Å². The van der Waals surface area contributed by atoms with Crippen molar-refractivity contribution in [1.29, 1.82) is 0 Å². The fourth-order valence-electron chi connectivity index (χ4n) is 3.65. The maximum atomic E-state index is 13.2. The number of nitrogens with zero attached hydrogens (tertiary/aromatic N) is 2. The minimum Gasteiger partial charge on any atom is -0.312 e. The first kappa shape index (κ1) is 18.0. The molecule has 0 spiro atoms. The average Bonchev–Trinajstić information content (AvgIpc) is 3.19. The molecule has 4 nitrogen and oxygen atoms in total. The number of benzene rings is 3. The Morgan fingerprint density at radius 1 is 0.679 bits per heavy atom. The second-order valence-electron chi connectivity index (χ2n) is 7.01. The predicted molar refractivity (Wildman–Crippen MR) is 109 cm³/mol. The Kier molecular flexibility index (Phi) is 4.94. The van der Waals surface area contributed by atoms with Gasteiger partial charge in [0.1, 0.15) is 6.17 Å². The van der Waals surface area contributed by atoms with Gasteiger partial charge in [-0.3, -0.25) is 9.59 Å². The van der Waals surface area contributed by atoms with Crippen molar-refractivity contribution < 1.29 is 9.59 Å². The molecule has 0 aromatic heterocycles. The zero-order chi connectivity index (χ0) is 19.5. The first-order valence-electron chi connectivity index (χ1n) is 9.44. The molecule has 3 aromatic carbocycles. The summed E-state index contributed by atoms with van der Waals surface area (Å²) < 4.78 is 0. The second kappa shape index (κ2) is 7.69. The molecule has 1 aliphatic heterocycles. The summed E-state index contributed by atoms with van der Waals surface area (Å²) in [5, 5.41) is 0. The first-order valence-corrected chi connectivity index (χ1v) is 9.44. The van der Waals surface area contributed by atoms with Crippen molar-refractivity contribution in [1.82, 2.24) is 9.80 Å². The van der Waals surface area contributed by atoms with E-state index in [1.54, 1.807) is 9.80 Å². The number of carbonyl (C=O) groups excluding carboxylic acids is 2. The maximum absolute atomic E-state index is 13.2. The van der Waals surface area contributed by atoms with Gasteiger partial charge in [0.15, 0.2) is 0 Å². The van der Waals surface area contributed by atoms with E-state index in [0.29, 0.717) is 24.2 Å². The normalized spacial score (nSPS) is 16.2. The molecule has 1 fully saturated rings. The molecule has 0 bridgehead atoms. The van der Waals surface area contributed by atoms with Crippen LogP contribution in [0.5, 0.6) is 0 Å². The summed E-state index contributed by atoms with van der Waals surface area (Å²) in [5.74, 6) is -0.120. The van der Waals surface area contributed by atoms with Gasteiger partial charge in [0.2, 0.25) is 0 Å². The Morgan fingerprint density at radius 2 is 1.14 bits per heavy atom. The molecule has 1 saturated heterocycles. The smallest absolute Gasteiger partial charge is 0.255 e. The molecule has 2 amide bonds. The van der Waals surface area contributed by atoms with Crippen molar-refractivity contribution in [3.8, 4) is 0 Å². The van der Waals surface area contributed by atoms with E-state index in [4.69, 9.17) is 0 Å². The van der Waals surface area contributed by atoms with Gasteiger partial charge in [0, 0.05) is 24.2 Å². The zero-order valence-corrected chi connectivity index (χ0v) is 15.8. The van der Waals surface area contributed by atoms with Crippen molar-refractivity contribution >= 4 is 11.8 Å². The summed E-state index contributed by atoms with van der Waals surface area (Å²) in [6.07, 6.45) is -0.414. The highest BCUT2D eigenvalue weighted by Crippen LogP contribution is 2.32.